The Balaban J connectivity index is 2.35. The van der Waals surface area contributed by atoms with Gasteiger partial charge >= 0.3 is 0 Å². The molecule has 3 nitrogen and oxygen atoms in total. The van der Waals surface area contributed by atoms with Gasteiger partial charge in [0.1, 0.15) is 17.5 Å². The topological polar surface area (TPSA) is 41.6 Å². The molecule has 1 aromatic heterocycles. The maximum atomic E-state index is 14.3. The first-order valence-corrected chi connectivity index (χ1v) is 6.34. The second-order valence-electron chi connectivity index (χ2n) is 4.86. The highest BCUT2D eigenvalue weighted by Crippen LogP contribution is 2.30. The summed E-state index contributed by atoms with van der Waals surface area (Å²) >= 11 is 0. The van der Waals surface area contributed by atoms with Crippen LogP contribution in [-0.4, -0.2) is 9.55 Å². The number of hydrogen-bond acceptors (Lipinski definition) is 2. The summed E-state index contributed by atoms with van der Waals surface area (Å²) in [5, 5.41) is 8.94. The zero-order valence-electron chi connectivity index (χ0n) is 11.5. The van der Waals surface area contributed by atoms with Crippen LogP contribution < -0.4 is 0 Å². The van der Waals surface area contributed by atoms with E-state index in [1.807, 2.05) is 6.07 Å². The molecule has 0 fully saturated rings. The number of halogens is 2. The van der Waals surface area contributed by atoms with Gasteiger partial charge in [0, 0.05) is 7.05 Å². The molecule has 0 aliphatic heterocycles. The fraction of sp³-hybridized carbons (Fsp3) is 0.125. The van der Waals surface area contributed by atoms with E-state index in [0.717, 1.165) is 0 Å². The minimum absolute atomic E-state index is 0.146. The maximum Gasteiger partial charge on any atom is 0.146 e. The number of nitriles is 1. The van der Waals surface area contributed by atoms with Crippen LogP contribution in [0.2, 0.25) is 0 Å². The van der Waals surface area contributed by atoms with Crippen LogP contribution in [0.1, 0.15) is 11.1 Å². The minimum atomic E-state index is -0.656. The Morgan fingerprint density at radius 3 is 2.67 bits per heavy atom. The molecule has 21 heavy (non-hydrogen) atoms. The van der Waals surface area contributed by atoms with Gasteiger partial charge < -0.3 is 4.57 Å². The zero-order chi connectivity index (χ0) is 15.1. The van der Waals surface area contributed by atoms with Crippen molar-refractivity contribution in [1.29, 1.82) is 5.26 Å². The van der Waals surface area contributed by atoms with E-state index >= 15 is 0 Å². The van der Waals surface area contributed by atoms with Gasteiger partial charge in [-0.1, -0.05) is 6.07 Å². The van der Waals surface area contributed by atoms with Crippen molar-refractivity contribution in [1.82, 2.24) is 9.55 Å². The molecule has 0 N–H and O–H groups in total. The third-order valence-corrected chi connectivity index (χ3v) is 3.52. The molecule has 0 saturated heterocycles. The quantitative estimate of drug-likeness (QED) is 0.683. The molecule has 104 valence electrons. The van der Waals surface area contributed by atoms with Gasteiger partial charge in [-0.15, -0.1) is 0 Å². The van der Waals surface area contributed by atoms with Gasteiger partial charge in [-0.25, -0.2) is 13.8 Å². The molecule has 0 unspecified atom stereocenters. The van der Waals surface area contributed by atoms with Crippen molar-refractivity contribution in [3.8, 4) is 17.5 Å². The Morgan fingerprint density at radius 1 is 1.19 bits per heavy atom. The largest absolute Gasteiger partial charge is 0.327 e. The lowest BCUT2D eigenvalue weighted by Crippen LogP contribution is -1.99. The van der Waals surface area contributed by atoms with E-state index in [-0.39, 0.29) is 11.4 Å². The Kier molecular flexibility index (Phi) is 2.95. The van der Waals surface area contributed by atoms with Crippen LogP contribution >= 0.6 is 0 Å². The summed E-state index contributed by atoms with van der Waals surface area (Å²) in [5.74, 6) is -1.07. The molecule has 1 heterocycles. The third kappa shape index (κ3) is 1.96. The number of aryl methyl sites for hydroxylation is 2. The molecule has 0 bridgehead atoms. The van der Waals surface area contributed by atoms with E-state index in [4.69, 9.17) is 5.26 Å². The molecule has 0 amide bonds. The van der Waals surface area contributed by atoms with Crippen molar-refractivity contribution < 1.29 is 8.78 Å². The SMILES string of the molecule is Cc1ccc(F)c(-c2nc3ccc(C#N)cc3n2C)c1F. The number of aromatic nitrogens is 2. The van der Waals surface area contributed by atoms with Gasteiger partial charge in [-0.2, -0.15) is 5.26 Å². The zero-order valence-corrected chi connectivity index (χ0v) is 11.5. The molecular weight excluding hydrogens is 272 g/mol. The fourth-order valence-electron chi connectivity index (χ4n) is 2.34. The average Bonchev–Trinajstić information content (AvgIpc) is 2.80. The van der Waals surface area contributed by atoms with E-state index in [0.29, 0.717) is 22.2 Å². The van der Waals surface area contributed by atoms with E-state index in [1.165, 1.54) is 12.1 Å². The van der Waals surface area contributed by atoms with Crippen LogP contribution in [0.25, 0.3) is 22.4 Å². The summed E-state index contributed by atoms with van der Waals surface area (Å²) in [7, 11) is 1.67. The molecular formula is C16H11F2N3. The molecule has 3 aromatic rings. The monoisotopic (exact) mass is 283 g/mol. The van der Waals surface area contributed by atoms with E-state index < -0.39 is 11.6 Å². The van der Waals surface area contributed by atoms with Crippen LogP contribution in [0.5, 0.6) is 0 Å². The predicted molar refractivity (Wildman–Crippen MR) is 75.5 cm³/mol. The van der Waals surface area contributed by atoms with Crippen molar-refractivity contribution in [2.75, 3.05) is 0 Å². The molecule has 0 aliphatic rings. The lowest BCUT2D eigenvalue weighted by molar-refractivity contribution is 0.580. The van der Waals surface area contributed by atoms with E-state index in [2.05, 4.69) is 4.98 Å². The van der Waals surface area contributed by atoms with E-state index in [9.17, 15) is 8.78 Å². The van der Waals surface area contributed by atoms with Crippen molar-refractivity contribution >= 4 is 11.0 Å². The summed E-state index contributed by atoms with van der Waals surface area (Å²) < 4.78 is 29.9. The Morgan fingerprint density at radius 2 is 1.95 bits per heavy atom. The van der Waals surface area contributed by atoms with Crippen LogP contribution in [0.15, 0.2) is 30.3 Å². The fourth-order valence-corrected chi connectivity index (χ4v) is 2.34. The number of benzene rings is 2. The highest BCUT2D eigenvalue weighted by molar-refractivity contribution is 5.82. The van der Waals surface area contributed by atoms with Crippen molar-refractivity contribution in [2.45, 2.75) is 6.92 Å². The predicted octanol–water partition coefficient (Wildman–Crippen LogP) is 3.70. The van der Waals surface area contributed by atoms with Crippen molar-refractivity contribution in [3.05, 3.63) is 53.1 Å². The summed E-state index contributed by atoms with van der Waals surface area (Å²) in [6.45, 7) is 1.58. The summed E-state index contributed by atoms with van der Waals surface area (Å²) in [6, 6.07) is 9.61. The lowest BCUT2D eigenvalue weighted by atomic mass is 10.1. The normalized spacial score (nSPS) is 10.8. The molecule has 3 rings (SSSR count). The summed E-state index contributed by atoms with van der Waals surface area (Å²) in [4.78, 5) is 4.29. The van der Waals surface area contributed by atoms with Crippen LogP contribution in [0, 0.1) is 29.9 Å². The van der Waals surface area contributed by atoms with Gasteiger partial charge in [0.15, 0.2) is 0 Å². The number of rotatable bonds is 1. The molecule has 0 atom stereocenters. The first-order valence-electron chi connectivity index (χ1n) is 6.34. The molecule has 0 saturated carbocycles. The molecule has 5 heteroatoms. The first-order chi connectivity index (χ1) is 10.0. The average molecular weight is 283 g/mol. The lowest BCUT2D eigenvalue weighted by Gasteiger charge is -2.07. The minimum Gasteiger partial charge on any atom is -0.327 e. The highest BCUT2D eigenvalue weighted by atomic mass is 19.1. The van der Waals surface area contributed by atoms with Gasteiger partial charge in [0.25, 0.3) is 0 Å². The molecule has 0 aliphatic carbocycles. The van der Waals surface area contributed by atoms with Gasteiger partial charge in [0.05, 0.1) is 28.2 Å². The Bertz CT molecular complexity index is 904. The number of nitrogens with zero attached hydrogens (tertiary/aromatic N) is 3. The number of fused-ring (bicyclic) bond motifs is 1. The van der Waals surface area contributed by atoms with E-state index in [1.54, 1.807) is 36.7 Å². The van der Waals surface area contributed by atoms with Crippen molar-refractivity contribution in [3.63, 3.8) is 0 Å². The van der Waals surface area contributed by atoms with Crippen molar-refractivity contribution in [2.24, 2.45) is 7.05 Å². The second-order valence-corrected chi connectivity index (χ2v) is 4.86. The number of imidazole rings is 1. The van der Waals surface area contributed by atoms with Gasteiger partial charge in [-0.3, -0.25) is 0 Å². The standard InChI is InChI=1S/C16H11F2N3/c1-9-3-5-11(17)14(15(9)18)16-20-12-6-4-10(8-19)7-13(12)21(16)2/h3-7H,1-2H3. The molecule has 0 spiro atoms. The van der Waals surface area contributed by atoms with Gasteiger partial charge in [-0.05, 0) is 36.8 Å². The first kappa shape index (κ1) is 13.3. The Hall–Kier alpha value is -2.74. The summed E-state index contributed by atoms with van der Waals surface area (Å²) in [5.41, 5.74) is 1.93. The maximum absolute atomic E-state index is 14.3. The van der Waals surface area contributed by atoms with Crippen LogP contribution in [0.4, 0.5) is 8.78 Å². The van der Waals surface area contributed by atoms with Gasteiger partial charge in [0.2, 0.25) is 0 Å². The second kappa shape index (κ2) is 4.67. The highest BCUT2D eigenvalue weighted by Gasteiger charge is 2.19. The van der Waals surface area contributed by atoms with Crippen LogP contribution in [0.3, 0.4) is 0 Å². The Labute approximate surface area is 120 Å². The molecule has 2 aromatic carbocycles. The summed E-state index contributed by atoms with van der Waals surface area (Å²) in [6.07, 6.45) is 0. The van der Waals surface area contributed by atoms with Crippen LogP contribution in [-0.2, 0) is 7.05 Å². The third-order valence-electron chi connectivity index (χ3n) is 3.52. The smallest absolute Gasteiger partial charge is 0.146 e. The molecule has 0 radical (unpaired) electrons. The number of hydrogen-bond donors (Lipinski definition) is 0.